The van der Waals surface area contributed by atoms with Gasteiger partial charge in [0.1, 0.15) is 17.7 Å². The average molecular weight is 291 g/mol. The fraction of sp³-hybridized carbons (Fsp3) is 0.286. The highest BCUT2D eigenvalue weighted by atomic mass is 35.5. The van der Waals surface area contributed by atoms with Gasteiger partial charge in [-0.05, 0) is 17.7 Å². The maximum atomic E-state index is 5.91. The van der Waals surface area contributed by atoms with Gasteiger partial charge in [-0.2, -0.15) is 0 Å². The Morgan fingerprint density at radius 2 is 2.05 bits per heavy atom. The molecule has 0 aliphatic carbocycles. The highest BCUT2D eigenvalue weighted by Gasteiger charge is 2.23. The van der Waals surface area contributed by atoms with Gasteiger partial charge in [-0.25, -0.2) is 4.98 Å². The van der Waals surface area contributed by atoms with Crippen LogP contribution in [0.15, 0.2) is 36.7 Å². The molecule has 0 spiro atoms. The zero-order valence-corrected chi connectivity index (χ0v) is 11.6. The molecule has 5 nitrogen and oxygen atoms in total. The lowest BCUT2D eigenvalue weighted by atomic mass is 10.1. The zero-order valence-electron chi connectivity index (χ0n) is 10.9. The summed E-state index contributed by atoms with van der Waals surface area (Å²) in [6.45, 7) is 2.14. The van der Waals surface area contributed by atoms with Crippen LogP contribution in [0.1, 0.15) is 11.7 Å². The monoisotopic (exact) mass is 290 g/mol. The average Bonchev–Trinajstić information content (AvgIpc) is 2.48. The highest BCUT2D eigenvalue weighted by molar-refractivity contribution is 6.30. The minimum atomic E-state index is 0.00393. The molecule has 3 rings (SSSR count). The van der Waals surface area contributed by atoms with Crippen LogP contribution in [0.5, 0.6) is 0 Å². The smallest absolute Gasteiger partial charge is 0.149 e. The van der Waals surface area contributed by atoms with Crippen LogP contribution in [0.25, 0.3) is 0 Å². The van der Waals surface area contributed by atoms with Crippen LogP contribution in [-0.2, 0) is 4.74 Å². The Labute approximate surface area is 122 Å². The van der Waals surface area contributed by atoms with Gasteiger partial charge in [0, 0.05) is 18.1 Å². The van der Waals surface area contributed by atoms with Crippen molar-refractivity contribution in [3.05, 3.63) is 47.2 Å². The number of ether oxygens (including phenoxy) is 1. The van der Waals surface area contributed by atoms with Crippen molar-refractivity contribution in [3.63, 3.8) is 0 Å². The quantitative estimate of drug-likeness (QED) is 0.919. The second-order valence-electron chi connectivity index (χ2n) is 4.66. The molecule has 20 heavy (non-hydrogen) atoms. The Bertz CT molecular complexity index is 590. The first kappa shape index (κ1) is 13.1. The Kier molecular flexibility index (Phi) is 3.71. The second kappa shape index (κ2) is 5.64. The van der Waals surface area contributed by atoms with Gasteiger partial charge in [-0.15, -0.1) is 0 Å². The van der Waals surface area contributed by atoms with Crippen molar-refractivity contribution >= 4 is 23.2 Å². The second-order valence-corrected chi connectivity index (χ2v) is 5.10. The first-order valence-corrected chi connectivity index (χ1v) is 6.80. The van der Waals surface area contributed by atoms with Gasteiger partial charge in [0.2, 0.25) is 0 Å². The van der Waals surface area contributed by atoms with E-state index in [0.29, 0.717) is 12.4 Å². The summed E-state index contributed by atoms with van der Waals surface area (Å²) < 4.78 is 5.82. The maximum Gasteiger partial charge on any atom is 0.149 e. The third-order valence-corrected chi connectivity index (χ3v) is 3.52. The molecule has 104 valence electrons. The Morgan fingerprint density at radius 3 is 2.80 bits per heavy atom. The SMILES string of the molecule is Nc1cncc(N2CCOC(c3ccc(Cl)cc3)C2)n1. The molecule has 0 radical (unpaired) electrons. The van der Waals surface area contributed by atoms with Crippen molar-refractivity contribution in [1.82, 2.24) is 9.97 Å². The molecular weight excluding hydrogens is 276 g/mol. The molecule has 1 atom stereocenters. The predicted molar refractivity (Wildman–Crippen MR) is 78.8 cm³/mol. The van der Waals surface area contributed by atoms with Crippen molar-refractivity contribution in [2.45, 2.75) is 6.10 Å². The van der Waals surface area contributed by atoms with E-state index in [4.69, 9.17) is 22.1 Å². The summed E-state index contributed by atoms with van der Waals surface area (Å²) >= 11 is 5.91. The highest BCUT2D eigenvalue weighted by Crippen LogP contribution is 2.26. The van der Waals surface area contributed by atoms with Crippen molar-refractivity contribution < 1.29 is 4.74 Å². The number of morpholine rings is 1. The number of nitrogens with two attached hydrogens (primary N) is 1. The molecule has 1 unspecified atom stereocenters. The number of hydrogen-bond donors (Lipinski definition) is 1. The number of benzene rings is 1. The van der Waals surface area contributed by atoms with E-state index in [1.807, 2.05) is 24.3 Å². The van der Waals surface area contributed by atoms with E-state index in [2.05, 4.69) is 14.9 Å². The van der Waals surface area contributed by atoms with Gasteiger partial charge in [0.15, 0.2) is 0 Å². The molecule has 0 amide bonds. The van der Waals surface area contributed by atoms with Crippen LogP contribution in [0, 0.1) is 0 Å². The van der Waals surface area contributed by atoms with Crippen molar-refractivity contribution in [2.24, 2.45) is 0 Å². The molecule has 2 N–H and O–H groups in total. The van der Waals surface area contributed by atoms with Gasteiger partial charge in [0.05, 0.1) is 19.0 Å². The standard InChI is InChI=1S/C14H15ClN4O/c15-11-3-1-10(2-4-11)12-9-19(5-6-20-12)14-8-17-7-13(16)18-14/h1-4,7-8,12H,5-6,9H2,(H2,16,18). The summed E-state index contributed by atoms with van der Waals surface area (Å²) in [6, 6.07) is 7.72. The summed E-state index contributed by atoms with van der Waals surface area (Å²) in [5.74, 6) is 1.21. The van der Waals surface area contributed by atoms with E-state index in [1.165, 1.54) is 0 Å². The molecule has 0 bridgehead atoms. The van der Waals surface area contributed by atoms with E-state index in [-0.39, 0.29) is 6.10 Å². The number of nitrogen functional groups attached to an aromatic ring is 1. The van der Waals surface area contributed by atoms with E-state index >= 15 is 0 Å². The summed E-state index contributed by atoms with van der Waals surface area (Å²) in [4.78, 5) is 10.5. The van der Waals surface area contributed by atoms with Gasteiger partial charge < -0.3 is 15.4 Å². The van der Waals surface area contributed by atoms with Crippen LogP contribution in [0.2, 0.25) is 5.02 Å². The lowest BCUT2D eigenvalue weighted by Gasteiger charge is -2.33. The van der Waals surface area contributed by atoms with Crippen LogP contribution < -0.4 is 10.6 Å². The molecule has 6 heteroatoms. The Balaban J connectivity index is 1.78. The first-order valence-electron chi connectivity index (χ1n) is 6.42. The van der Waals surface area contributed by atoms with E-state index in [1.54, 1.807) is 12.4 Å². The third kappa shape index (κ3) is 2.84. The fourth-order valence-corrected chi connectivity index (χ4v) is 2.39. The lowest BCUT2D eigenvalue weighted by molar-refractivity contribution is 0.0395. The number of aromatic nitrogens is 2. The normalized spacial score (nSPS) is 19.1. The van der Waals surface area contributed by atoms with Crippen LogP contribution in [0.3, 0.4) is 0 Å². The van der Waals surface area contributed by atoms with E-state index in [9.17, 15) is 0 Å². The van der Waals surface area contributed by atoms with Gasteiger partial charge in [0.25, 0.3) is 0 Å². The fourth-order valence-electron chi connectivity index (χ4n) is 2.26. The zero-order chi connectivity index (χ0) is 13.9. The van der Waals surface area contributed by atoms with E-state index in [0.717, 1.165) is 29.5 Å². The van der Waals surface area contributed by atoms with Crippen LogP contribution >= 0.6 is 11.6 Å². The molecule has 1 aromatic carbocycles. The van der Waals surface area contributed by atoms with Gasteiger partial charge >= 0.3 is 0 Å². The molecule has 0 saturated carbocycles. The molecule has 2 aromatic rings. The van der Waals surface area contributed by atoms with Crippen molar-refractivity contribution in [1.29, 1.82) is 0 Å². The molecule has 1 aliphatic rings. The first-order chi connectivity index (χ1) is 9.72. The topological polar surface area (TPSA) is 64.3 Å². The summed E-state index contributed by atoms with van der Waals surface area (Å²) in [5, 5.41) is 0.725. The van der Waals surface area contributed by atoms with Crippen molar-refractivity contribution in [3.8, 4) is 0 Å². The largest absolute Gasteiger partial charge is 0.382 e. The van der Waals surface area contributed by atoms with Gasteiger partial charge in [-0.1, -0.05) is 23.7 Å². The molecule has 1 aromatic heterocycles. The van der Waals surface area contributed by atoms with E-state index < -0.39 is 0 Å². The predicted octanol–water partition coefficient (Wildman–Crippen LogP) is 2.29. The number of nitrogens with zero attached hydrogens (tertiary/aromatic N) is 3. The minimum absolute atomic E-state index is 0.00393. The Morgan fingerprint density at radius 1 is 1.25 bits per heavy atom. The van der Waals surface area contributed by atoms with Crippen LogP contribution in [0.4, 0.5) is 11.6 Å². The number of rotatable bonds is 2. The summed E-state index contributed by atoms with van der Waals surface area (Å²) in [6.07, 6.45) is 3.27. The molecule has 1 fully saturated rings. The summed E-state index contributed by atoms with van der Waals surface area (Å²) in [5.41, 5.74) is 6.79. The Hall–Kier alpha value is -1.85. The van der Waals surface area contributed by atoms with Gasteiger partial charge in [-0.3, -0.25) is 4.98 Å². The summed E-state index contributed by atoms with van der Waals surface area (Å²) in [7, 11) is 0. The minimum Gasteiger partial charge on any atom is -0.382 e. The van der Waals surface area contributed by atoms with Crippen LogP contribution in [-0.4, -0.2) is 29.7 Å². The van der Waals surface area contributed by atoms with Crippen molar-refractivity contribution in [2.75, 3.05) is 30.3 Å². The molecule has 2 heterocycles. The number of hydrogen-bond acceptors (Lipinski definition) is 5. The number of anilines is 2. The number of halogens is 1. The molecule has 1 saturated heterocycles. The third-order valence-electron chi connectivity index (χ3n) is 3.27. The lowest BCUT2D eigenvalue weighted by Crippen LogP contribution is -2.39. The maximum absolute atomic E-state index is 5.91. The molecule has 1 aliphatic heterocycles. The molecular formula is C14H15ClN4O.